The van der Waals surface area contributed by atoms with Crippen LogP contribution in [-0.4, -0.2) is 85.7 Å². The largest absolute Gasteiger partial charge is 0.381 e. The lowest BCUT2D eigenvalue weighted by molar-refractivity contribution is -0.134. The summed E-state index contributed by atoms with van der Waals surface area (Å²) >= 11 is 0. The molecule has 1 amide bonds. The molecule has 170 valence electrons. The van der Waals surface area contributed by atoms with Crippen molar-refractivity contribution in [3.8, 4) is 0 Å². The highest BCUT2D eigenvalue weighted by molar-refractivity contribution is 5.81. The van der Waals surface area contributed by atoms with Crippen LogP contribution in [0, 0.1) is 5.92 Å². The Morgan fingerprint density at radius 1 is 1.07 bits per heavy atom. The summed E-state index contributed by atoms with van der Waals surface area (Å²) in [5, 5.41) is 7.08. The van der Waals surface area contributed by atoms with E-state index >= 15 is 0 Å². The number of rotatable bonds is 6. The maximum atomic E-state index is 12.8. The van der Waals surface area contributed by atoms with Gasteiger partial charge >= 0.3 is 0 Å². The van der Waals surface area contributed by atoms with E-state index in [1.54, 1.807) is 0 Å². The third-order valence-corrected chi connectivity index (χ3v) is 7.62. The lowest BCUT2D eigenvalue weighted by Crippen LogP contribution is -2.54. The van der Waals surface area contributed by atoms with E-state index in [0.717, 1.165) is 77.5 Å². The fourth-order valence-electron chi connectivity index (χ4n) is 5.77. The number of ether oxygens (including phenoxy) is 1. The van der Waals surface area contributed by atoms with Crippen molar-refractivity contribution in [2.75, 3.05) is 52.5 Å². The third kappa shape index (κ3) is 5.10. The summed E-state index contributed by atoms with van der Waals surface area (Å²) in [5.74, 6) is 1.57. The molecule has 7 nitrogen and oxygen atoms in total. The van der Waals surface area contributed by atoms with Gasteiger partial charge in [0.25, 0.3) is 0 Å². The quantitative estimate of drug-likeness (QED) is 0.509. The molecular formula is C23H41N5O2. The van der Waals surface area contributed by atoms with Gasteiger partial charge in [0.05, 0.1) is 6.54 Å². The van der Waals surface area contributed by atoms with E-state index in [4.69, 9.17) is 9.73 Å². The van der Waals surface area contributed by atoms with Crippen LogP contribution in [0.2, 0.25) is 0 Å². The molecule has 3 aliphatic heterocycles. The number of carbonyl (C=O) groups is 1. The van der Waals surface area contributed by atoms with Crippen LogP contribution in [0.25, 0.3) is 0 Å². The summed E-state index contributed by atoms with van der Waals surface area (Å²) in [5.41, 5.74) is 0.150. The number of hydrogen-bond acceptors (Lipinski definition) is 4. The highest BCUT2D eigenvalue weighted by atomic mass is 16.5. The monoisotopic (exact) mass is 419 g/mol. The molecule has 3 saturated heterocycles. The zero-order chi connectivity index (χ0) is 20.8. The molecule has 0 aromatic carbocycles. The van der Waals surface area contributed by atoms with E-state index in [0.29, 0.717) is 11.9 Å². The van der Waals surface area contributed by atoms with Gasteiger partial charge in [-0.2, -0.15) is 0 Å². The predicted molar refractivity (Wildman–Crippen MR) is 120 cm³/mol. The Kier molecular flexibility index (Phi) is 7.52. The Hall–Kier alpha value is -1.34. The van der Waals surface area contributed by atoms with Gasteiger partial charge in [-0.1, -0.05) is 12.8 Å². The van der Waals surface area contributed by atoms with Crippen molar-refractivity contribution in [1.82, 2.24) is 20.4 Å². The molecule has 2 N–H and O–H groups in total. The first-order valence-electron chi connectivity index (χ1n) is 12.4. The summed E-state index contributed by atoms with van der Waals surface area (Å²) in [7, 11) is 0. The lowest BCUT2D eigenvalue weighted by atomic mass is 9.88. The second-order valence-electron chi connectivity index (χ2n) is 9.62. The fourth-order valence-corrected chi connectivity index (χ4v) is 5.77. The second-order valence-corrected chi connectivity index (χ2v) is 9.62. The smallest absolute Gasteiger partial charge is 0.225 e. The van der Waals surface area contributed by atoms with Crippen LogP contribution in [0.5, 0.6) is 0 Å². The molecule has 7 heteroatoms. The van der Waals surface area contributed by atoms with Crippen molar-refractivity contribution in [2.45, 2.75) is 76.3 Å². The van der Waals surface area contributed by atoms with Gasteiger partial charge in [0, 0.05) is 50.3 Å². The topological polar surface area (TPSA) is 69.2 Å². The second kappa shape index (κ2) is 10.3. The Morgan fingerprint density at radius 2 is 1.80 bits per heavy atom. The first-order valence-corrected chi connectivity index (χ1v) is 12.4. The number of aliphatic imine (C=N–C) groups is 1. The Balaban J connectivity index is 1.35. The van der Waals surface area contributed by atoms with Crippen molar-refractivity contribution in [3.63, 3.8) is 0 Å². The van der Waals surface area contributed by atoms with Gasteiger partial charge in [-0.3, -0.25) is 14.7 Å². The van der Waals surface area contributed by atoms with Gasteiger partial charge in [-0.05, 0) is 65.0 Å². The molecule has 1 aliphatic carbocycles. The summed E-state index contributed by atoms with van der Waals surface area (Å²) in [4.78, 5) is 22.6. The molecule has 0 spiro atoms. The number of likely N-dealkylation sites (tertiary alicyclic amines) is 2. The molecule has 1 atom stereocenters. The van der Waals surface area contributed by atoms with E-state index in [2.05, 4.69) is 27.4 Å². The summed E-state index contributed by atoms with van der Waals surface area (Å²) in [6.45, 7) is 9.55. The van der Waals surface area contributed by atoms with Crippen molar-refractivity contribution in [3.05, 3.63) is 0 Å². The average molecular weight is 420 g/mol. The van der Waals surface area contributed by atoms with Crippen LogP contribution >= 0.6 is 0 Å². The SMILES string of the molecule is CCNC(=NCC1(N2CCCC2)CCOCC1)NC1CCN(C(=O)C2CCCC2)C1. The van der Waals surface area contributed by atoms with Gasteiger partial charge in [-0.25, -0.2) is 0 Å². The summed E-state index contributed by atoms with van der Waals surface area (Å²) < 4.78 is 5.68. The number of hydrogen-bond donors (Lipinski definition) is 2. The van der Waals surface area contributed by atoms with E-state index in [1.807, 2.05) is 0 Å². The van der Waals surface area contributed by atoms with Crippen molar-refractivity contribution in [1.29, 1.82) is 0 Å². The molecule has 0 aromatic rings. The molecular weight excluding hydrogens is 378 g/mol. The van der Waals surface area contributed by atoms with E-state index < -0.39 is 0 Å². The van der Waals surface area contributed by atoms with E-state index in [1.165, 1.54) is 38.8 Å². The van der Waals surface area contributed by atoms with Gasteiger partial charge in [-0.15, -0.1) is 0 Å². The molecule has 4 fully saturated rings. The average Bonchev–Trinajstić information content (AvgIpc) is 3.55. The van der Waals surface area contributed by atoms with Crippen LogP contribution in [-0.2, 0) is 9.53 Å². The molecule has 3 heterocycles. The van der Waals surface area contributed by atoms with Gasteiger partial charge < -0.3 is 20.3 Å². The standard InChI is InChI=1S/C23H41N5O2/c1-2-24-22(25-18-23(10-15-30-16-11-23)28-12-5-6-13-28)26-20-9-14-27(17-20)21(29)19-7-3-4-8-19/h19-20H,2-18H2,1H3,(H2,24,25,26). The lowest BCUT2D eigenvalue weighted by Gasteiger charge is -2.43. The van der Waals surface area contributed by atoms with Crippen LogP contribution in [0.15, 0.2) is 4.99 Å². The van der Waals surface area contributed by atoms with Gasteiger partial charge in [0.2, 0.25) is 5.91 Å². The molecule has 4 rings (SSSR count). The van der Waals surface area contributed by atoms with Gasteiger partial charge in [0.1, 0.15) is 0 Å². The maximum absolute atomic E-state index is 12.8. The molecule has 0 bridgehead atoms. The molecule has 0 radical (unpaired) electrons. The van der Waals surface area contributed by atoms with Crippen LogP contribution < -0.4 is 10.6 Å². The molecule has 1 unspecified atom stereocenters. The number of amides is 1. The minimum Gasteiger partial charge on any atom is -0.381 e. The third-order valence-electron chi connectivity index (χ3n) is 7.62. The van der Waals surface area contributed by atoms with Crippen LogP contribution in [0.4, 0.5) is 0 Å². The minimum atomic E-state index is 0.150. The fraction of sp³-hybridized carbons (Fsp3) is 0.913. The maximum Gasteiger partial charge on any atom is 0.225 e. The Morgan fingerprint density at radius 3 is 2.50 bits per heavy atom. The number of carbonyl (C=O) groups excluding carboxylic acids is 1. The minimum absolute atomic E-state index is 0.150. The molecule has 1 saturated carbocycles. The Labute approximate surface area is 182 Å². The van der Waals surface area contributed by atoms with Crippen LogP contribution in [0.1, 0.15) is 64.7 Å². The zero-order valence-corrected chi connectivity index (χ0v) is 18.8. The predicted octanol–water partition coefficient (Wildman–Crippen LogP) is 1.98. The van der Waals surface area contributed by atoms with Crippen molar-refractivity contribution < 1.29 is 9.53 Å². The zero-order valence-electron chi connectivity index (χ0n) is 18.8. The molecule has 0 aromatic heterocycles. The molecule has 4 aliphatic rings. The van der Waals surface area contributed by atoms with E-state index in [9.17, 15) is 4.79 Å². The normalized spacial score (nSPS) is 28.2. The summed E-state index contributed by atoms with van der Waals surface area (Å²) in [6.07, 6.45) is 10.4. The number of guanidine groups is 1. The highest BCUT2D eigenvalue weighted by Gasteiger charge is 2.40. The Bertz CT molecular complexity index is 592. The highest BCUT2D eigenvalue weighted by Crippen LogP contribution is 2.32. The van der Waals surface area contributed by atoms with Crippen LogP contribution in [0.3, 0.4) is 0 Å². The van der Waals surface area contributed by atoms with Crippen molar-refractivity contribution >= 4 is 11.9 Å². The van der Waals surface area contributed by atoms with E-state index in [-0.39, 0.29) is 11.5 Å². The molecule has 30 heavy (non-hydrogen) atoms. The van der Waals surface area contributed by atoms with Crippen molar-refractivity contribution in [2.24, 2.45) is 10.9 Å². The summed E-state index contributed by atoms with van der Waals surface area (Å²) in [6, 6.07) is 0.297. The first kappa shape index (κ1) is 21.9. The first-order chi connectivity index (χ1) is 14.7. The number of nitrogens with zero attached hydrogens (tertiary/aromatic N) is 3. The number of nitrogens with one attached hydrogen (secondary N) is 2. The van der Waals surface area contributed by atoms with Gasteiger partial charge in [0.15, 0.2) is 5.96 Å².